The van der Waals surface area contributed by atoms with Gasteiger partial charge in [-0.1, -0.05) is 0 Å². The van der Waals surface area contributed by atoms with Gasteiger partial charge in [0.1, 0.15) is 0 Å². The van der Waals surface area contributed by atoms with Crippen LogP contribution in [-0.4, -0.2) is 19.8 Å². The summed E-state index contributed by atoms with van der Waals surface area (Å²) in [5, 5.41) is 24.6. The van der Waals surface area contributed by atoms with Crippen LogP contribution in [0.4, 0.5) is 5.69 Å². The minimum atomic E-state index is -0.715. The molecule has 1 N–H and O–H groups in total. The maximum Gasteiger partial charge on any atom is 0.306 e. The predicted molar refractivity (Wildman–Crippen MR) is 58.7 cm³/mol. The molecular weight excluding hydrogens is 230 g/mol. The first kappa shape index (κ1) is 10.8. The summed E-state index contributed by atoms with van der Waals surface area (Å²) in [6.45, 7) is 1.57. The number of thiophene rings is 1. The number of aliphatic hydroxyl groups is 1. The first-order valence-electron chi connectivity index (χ1n) is 4.56. The molecule has 2 aromatic rings. The molecule has 0 aliphatic carbocycles. The van der Waals surface area contributed by atoms with Gasteiger partial charge in [0.25, 0.3) is 0 Å². The summed E-state index contributed by atoms with van der Waals surface area (Å²) in [6.07, 6.45) is 2.46. The van der Waals surface area contributed by atoms with Crippen LogP contribution in [-0.2, 0) is 0 Å². The van der Waals surface area contributed by atoms with E-state index in [9.17, 15) is 15.2 Å². The van der Waals surface area contributed by atoms with Crippen molar-refractivity contribution in [2.45, 2.75) is 13.0 Å². The Morgan fingerprint density at radius 2 is 2.44 bits per heavy atom. The molecule has 0 aliphatic rings. The molecule has 7 heteroatoms. The molecule has 0 amide bonds. The molecule has 0 saturated heterocycles. The van der Waals surface area contributed by atoms with E-state index in [1.807, 2.05) is 0 Å². The Hall–Kier alpha value is -1.73. The van der Waals surface area contributed by atoms with Crippen LogP contribution in [0, 0.1) is 10.1 Å². The van der Waals surface area contributed by atoms with Crippen molar-refractivity contribution in [2.24, 2.45) is 0 Å². The van der Waals surface area contributed by atoms with Gasteiger partial charge in [0.2, 0.25) is 0 Å². The van der Waals surface area contributed by atoms with Crippen molar-refractivity contribution in [3.8, 4) is 5.00 Å². The third-order valence-electron chi connectivity index (χ3n) is 2.03. The maximum absolute atomic E-state index is 10.8. The monoisotopic (exact) mass is 239 g/mol. The van der Waals surface area contributed by atoms with E-state index in [0.29, 0.717) is 9.88 Å². The lowest BCUT2D eigenvalue weighted by atomic mass is 10.3. The lowest BCUT2D eigenvalue weighted by Gasteiger charge is -1.97. The molecule has 84 valence electrons. The number of aliphatic hydroxyl groups excluding tert-OH is 1. The van der Waals surface area contributed by atoms with Gasteiger partial charge in [0.15, 0.2) is 5.00 Å². The molecule has 0 saturated carbocycles. The Bertz CT molecular complexity index is 504. The first-order chi connectivity index (χ1) is 7.59. The lowest BCUT2D eigenvalue weighted by molar-refractivity contribution is -0.384. The van der Waals surface area contributed by atoms with E-state index in [1.54, 1.807) is 25.4 Å². The molecule has 0 spiro atoms. The van der Waals surface area contributed by atoms with Crippen molar-refractivity contribution in [1.29, 1.82) is 0 Å². The van der Waals surface area contributed by atoms with E-state index in [4.69, 9.17) is 0 Å². The molecule has 1 atom stereocenters. The van der Waals surface area contributed by atoms with Gasteiger partial charge in [0, 0.05) is 23.3 Å². The van der Waals surface area contributed by atoms with Gasteiger partial charge in [-0.05, 0) is 13.0 Å². The van der Waals surface area contributed by atoms with Gasteiger partial charge in [0.05, 0.1) is 11.0 Å². The number of nitro groups is 1. The zero-order valence-electron chi connectivity index (χ0n) is 8.40. The number of hydrogen-bond acceptors (Lipinski definition) is 5. The molecule has 16 heavy (non-hydrogen) atoms. The fraction of sp³-hybridized carbons (Fsp3) is 0.222. The van der Waals surface area contributed by atoms with Crippen LogP contribution in [0.25, 0.3) is 5.00 Å². The van der Waals surface area contributed by atoms with Crippen LogP contribution in [0.2, 0.25) is 0 Å². The molecule has 0 bridgehead atoms. The largest absolute Gasteiger partial charge is 0.388 e. The fourth-order valence-corrected chi connectivity index (χ4v) is 2.28. The molecule has 2 heterocycles. The maximum atomic E-state index is 10.8. The SMILES string of the molecule is C[C@@H](O)c1cc([N+](=O)[O-])c(-n2cccn2)s1. The number of nitrogens with zero attached hydrogens (tertiary/aromatic N) is 3. The van der Waals surface area contributed by atoms with Gasteiger partial charge >= 0.3 is 5.69 Å². The van der Waals surface area contributed by atoms with Crippen LogP contribution in [0.5, 0.6) is 0 Å². The average molecular weight is 239 g/mol. The van der Waals surface area contributed by atoms with Crippen molar-refractivity contribution < 1.29 is 10.0 Å². The third kappa shape index (κ3) is 1.82. The van der Waals surface area contributed by atoms with Gasteiger partial charge < -0.3 is 5.11 Å². The fourth-order valence-electron chi connectivity index (χ4n) is 1.28. The van der Waals surface area contributed by atoms with Crippen LogP contribution < -0.4 is 0 Å². The molecule has 2 rings (SSSR count). The Morgan fingerprint density at radius 1 is 1.69 bits per heavy atom. The summed E-state index contributed by atoms with van der Waals surface area (Å²) in [4.78, 5) is 10.9. The Kier molecular flexibility index (Phi) is 2.71. The molecule has 6 nitrogen and oxygen atoms in total. The second-order valence-corrected chi connectivity index (χ2v) is 4.29. The van der Waals surface area contributed by atoms with Crippen molar-refractivity contribution in [3.63, 3.8) is 0 Å². The van der Waals surface area contributed by atoms with Gasteiger partial charge in [-0.2, -0.15) is 5.10 Å². The highest BCUT2D eigenvalue weighted by Crippen LogP contribution is 2.35. The summed E-state index contributed by atoms with van der Waals surface area (Å²) in [6, 6.07) is 3.07. The summed E-state index contributed by atoms with van der Waals surface area (Å²) in [5.41, 5.74) is -0.0374. The Labute approximate surface area is 94.9 Å². The van der Waals surface area contributed by atoms with Gasteiger partial charge in [-0.25, -0.2) is 4.68 Å². The van der Waals surface area contributed by atoms with E-state index in [-0.39, 0.29) is 5.69 Å². The van der Waals surface area contributed by atoms with Crippen molar-refractivity contribution in [3.05, 3.63) is 39.5 Å². The molecule has 2 aromatic heterocycles. The summed E-state index contributed by atoms with van der Waals surface area (Å²) >= 11 is 1.16. The normalized spacial score (nSPS) is 12.6. The van der Waals surface area contributed by atoms with Crippen molar-refractivity contribution in [2.75, 3.05) is 0 Å². The Balaban J connectivity index is 2.55. The minimum Gasteiger partial charge on any atom is -0.388 e. The summed E-state index contributed by atoms with van der Waals surface area (Å²) in [7, 11) is 0. The lowest BCUT2D eigenvalue weighted by Crippen LogP contribution is -1.95. The number of hydrogen-bond donors (Lipinski definition) is 1. The highest BCUT2D eigenvalue weighted by molar-refractivity contribution is 7.15. The van der Waals surface area contributed by atoms with Crippen molar-refractivity contribution in [1.82, 2.24) is 9.78 Å². The van der Waals surface area contributed by atoms with Crippen molar-refractivity contribution >= 4 is 17.0 Å². The predicted octanol–water partition coefficient (Wildman–Crippen LogP) is 1.90. The number of aromatic nitrogens is 2. The quantitative estimate of drug-likeness (QED) is 0.655. The van der Waals surface area contributed by atoms with Crippen LogP contribution in [0.3, 0.4) is 0 Å². The van der Waals surface area contributed by atoms with Crippen LogP contribution in [0.15, 0.2) is 24.5 Å². The molecule has 0 aromatic carbocycles. The highest BCUT2D eigenvalue weighted by atomic mass is 32.1. The van der Waals surface area contributed by atoms with Gasteiger partial charge in [-0.3, -0.25) is 10.1 Å². The zero-order valence-corrected chi connectivity index (χ0v) is 9.22. The zero-order chi connectivity index (χ0) is 11.7. The van der Waals surface area contributed by atoms with E-state index >= 15 is 0 Å². The molecule has 0 unspecified atom stereocenters. The van der Waals surface area contributed by atoms with E-state index in [0.717, 1.165) is 11.3 Å². The molecule has 0 radical (unpaired) electrons. The van der Waals surface area contributed by atoms with Crippen LogP contribution >= 0.6 is 11.3 Å². The topological polar surface area (TPSA) is 81.2 Å². The molecule has 0 aliphatic heterocycles. The average Bonchev–Trinajstić information content (AvgIpc) is 2.86. The summed E-state index contributed by atoms with van der Waals surface area (Å²) in [5.74, 6) is 0. The second kappa shape index (κ2) is 4.03. The van der Waals surface area contributed by atoms with E-state index < -0.39 is 11.0 Å². The van der Waals surface area contributed by atoms with E-state index in [2.05, 4.69) is 5.10 Å². The van der Waals surface area contributed by atoms with E-state index in [1.165, 1.54) is 10.7 Å². The number of rotatable bonds is 3. The van der Waals surface area contributed by atoms with Crippen LogP contribution in [0.1, 0.15) is 17.9 Å². The third-order valence-corrected chi connectivity index (χ3v) is 3.32. The summed E-state index contributed by atoms with van der Waals surface area (Å²) < 4.78 is 1.43. The van der Waals surface area contributed by atoms with Gasteiger partial charge in [-0.15, -0.1) is 11.3 Å². The Morgan fingerprint density at radius 3 is 2.94 bits per heavy atom. The molecular formula is C9H9N3O3S. The second-order valence-electron chi connectivity index (χ2n) is 3.22. The standard InChI is InChI=1S/C9H9N3O3S/c1-6(13)8-5-7(12(14)15)9(16-8)11-4-2-3-10-11/h2-6,13H,1H3/t6-/m1/s1. The molecule has 0 fully saturated rings. The first-order valence-corrected chi connectivity index (χ1v) is 5.37. The smallest absolute Gasteiger partial charge is 0.306 e. The highest BCUT2D eigenvalue weighted by Gasteiger charge is 2.22. The minimum absolute atomic E-state index is 0.0374.